The van der Waals surface area contributed by atoms with E-state index in [0.717, 1.165) is 11.6 Å². The van der Waals surface area contributed by atoms with Crippen LogP contribution in [0.3, 0.4) is 0 Å². The van der Waals surface area contributed by atoms with Gasteiger partial charge in [-0.2, -0.15) is 13.2 Å². The molecule has 0 bridgehead atoms. The molecule has 0 radical (unpaired) electrons. The van der Waals surface area contributed by atoms with Gasteiger partial charge in [-0.25, -0.2) is 0 Å². The average molecular weight is 440 g/mol. The van der Waals surface area contributed by atoms with Crippen molar-refractivity contribution in [2.24, 2.45) is 0 Å². The van der Waals surface area contributed by atoms with Gasteiger partial charge in [0.25, 0.3) is 5.91 Å². The Balaban J connectivity index is 1.66. The standard InChI is InChI=1S/C24H23F3N4O/c1-30-12-14-31(15-13-30)22-19(24(25,26)27)8-5-10-21(22)29-23(32)18-7-4-6-17(16-18)20-9-2-3-11-28-20/h2-11,16H,12-15H2,1H3,(H,29,32). The van der Waals surface area contributed by atoms with Crippen LogP contribution in [-0.4, -0.2) is 49.0 Å². The summed E-state index contributed by atoms with van der Waals surface area (Å²) in [5, 5.41) is 2.71. The highest BCUT2D eigenvalue weighted by molar-refractivity contribution is 6.06. The molecule has 0 atom stereocenters. The van der Waals surface area contributed by atoms with Gasteiger partial charge in [0.15, 0.2) is 0 Å². The van der Waals surface area contributed by atoms with Gasteiger partial charge >= 0.3 is 6.18 Å². The normalized spacial score (nSPS) is 14.9. The number of hydrogen-bond acceptors (Lipinski definition) is 4. The number of alkyl halides is 3. The molecule has 8 heteroatoms. The molecule has 166 valence electrons. The number of amides is 1. The first kappa shape index (κ1) is 21.8. The topological polar surface area (TPSA) is 48.5 Å². The number of carbonyl (C=O) groups excluding carboxylic acids is 1. The molecule has 0 unspecified atom stereocenters. The number of rotatable bonds is 4. The second kappa shape index (κ2) is 9.00. The highest BCUT2D eigenvalue weighted by Crippen LogP contribution is 2.41. The maximum Gasteiger partial charge on any atom is 0.418 e. The molecule has 1 aliphatic heterocycles. The van der Waals surface area contributed by atoms with Crippen LogP contribution in [0.1, 0.15) is 15.9 Å². The first-order valence-corrected chi connectivity index (χ1v) is 10.3. The Morgan fingerprint density at radius 1 is 0.969 bits per heavy atom. The highest BCUT2D eigenvalue weighted by Gasteiger charge is 2.37. The minimum absolute atomic E-state index is 0.0160. The minimum Gasteiger partial charge on any atom is -0.367 e. The van der Waals surface area contributed by atoms with Crippen LogP contribution in [0.25, 0.3) is 11.3 Å². The minimum atomic E-state index is -4.53. The van der Waals surface area contributed by atoms with E-state index < -0.39 is 17.6 Å². The van der Waals surface area contributed by atoms with Crippen molar-refractivity contribution in [2.45, 2.75) is 6.18 Å². The van der Waals surface area contributed by atoms with Crippen molar-refractivity contribution in [1.82, 2.24) is 9.88 Å². The molecule has 5 nitrogen and oxygen atoms in total. The summed E-state index contributed by atoms with van der Waals surface area (Å²) in [6.45, 7) is 2.18. The van der Waals surface area contributed by atoms with Gasteiger partial charge < -0.3 is 15.1 Å². The van der Waals surface area contributed by atoms with Crippen molar-refractivity contribution in [2.75, 3.05) is 43.4 Å². The zero-order chi connectivity index (χ0) is 22.7. The molecule has 0 spiro atoms. The van der Waals surface area contributed by atoms with Gasteiger partial charge in [0.2, 0.25) is 0 Å². The maximum atomic E-state index is 13.8. The fourth-order valence-corrected chi connectivity index (χ4v) is 3.79. The number of piperazine rings is 1. The van der Waals surface area contributed by atoms with Crippen molar-refractivity contribution in [3.8, 4) is 11.3 Å². The average Bonchev–Trinajstić information content (AvgIpc) is 2.80. The van der Waals surface area contributed by atoms with Crippen molar-refractivity contribution in [3.63, 3.8) is 0 Å². The molecule has 0 aliphatic carbocycles. The third-order valence-corrected chi connectivity index (χ3v) is 5.49. The summed E-state index contributed by atoms with van der Waals surface area (Å²) >= 11 is 0. The zero-order valence-corrected chi connectivity index (χ0v) is 17.6. The van der Waals surface area contributed by atoms with Crippen molar-refractivity contribution >= 4 is 17.3 Å². The molecule has 1 aliphatic rings. The van der Waals surface area contributed by atoms with Crippen molar-refractivity contribution in [3.05, 3.63) is 78.0 Å². The largest absolute Gasteiger partial charge is 0.418 e. The van der Waals surface area contributed by atoms with E-state index in [1.165, 1.54) is 12.1 Å². The summed E-state index contributed by atoms with van der Waals surface area (Å²) in [4.78, 5) is 21.1. The van der Waals surface area contributed by atoms with Crippen LogP contribution in [0.4, 0.5) is 24.5 Å². The lowest BCUT2D eigenvalue weighted by Crippen LogP contribution is -2.45. The Bertz CT molecular complexity index is 1090. The first-order chi connectivity index (χ1) is 15.3. The molecule has 2 aromatic carbocycles. The Kier molecular flexibility index (Phi) is 6.14. The molecule has 4 rings (SSSR count). The van der Waals surface area contributed by atoms with Crippen molar-refractivity contribution < 1.29 is 18.0 Å². The molecule has 3 aromatic rings. The predicted molar refractivity (Wildman–Crippen MR) is 119 cm³/mol. The van der Waals surface area contributed by atoms with Gasteiger partial charge in [-0.05, 0) is 43.4 Å². The predicted octanol–water partition coefficient (Wildman–Crippen LogP) is 4.77. The number of halogens is 3. The third-order valence-electron chi connectivity index (χ3n) is 5.49. The van der Waals surface area contributed by atoms with Crippen LogP contribution in [0, 0.1) is 0 Å². The van der Waals surface area contributed by atoms with E-state index in [1.807, 2.05) is 25.2 Å². The summed E-state index contributed by atoms with van der Waals surface area (Å²) in [7, 11) is 1.93. The van der Waals surface area contributed by atoms with E-state index in [9.17, 15) is 18.0 Å². The van der Waals surface area contributed by atoms with Gasteiger partial charge in [0, 0.05) is 43.5 Å². The van der Waals surface area contributed by atoms with E-state index in [-0.39, 0.29) is 11.4 Å². The molecule has 1 amide bonds. The van der Waals surface area contributed by atoms with E-state index in [2.05, 4.69) is 15.2 Å². The van der Waals surface area contributed by atoms with Gasteiger partial charge in [0.05, 0.1) is 22.6 Å². The summed E-state index contributed by atoms with van der Waals surface area (Å²) < 4.78 is 41.4. The second-order valence-electron chi connectivity index (χ2n) is 7.74. The Labute approximate surface area is 184 Å². The van der Waals surface area contributed by atoms with Crippen LogP contribution >= 0.6 is 0 Å². The number of anilines is 2. The fourth-order valence-electron chi connectivity index (χ4n) is 3.79. The van der Waals surface area contributed by atoms with E-state index >= 15 is 0 Å². The molecule has 1 N–H and O–H groups in total. The number of benzene rings is 2. The lowest BCUT2D eigenvalue weighted by atomic mass is 10.1. The number of likely N-dealkylation sites (N-methyl/N-ethyl adjacent to an activating group) is 1. The third kappa shape index (κ3) is 4.75. The number of aromatic nitrogens is 1. The van der Waals surface area contributed by atoms with Crippen LogP contribution < -0.4 is 10.2 Å². The highest BCUT2D eigenvalue weighted by atomic mass is 19.4. The first-order valence-electron chi connectivity index (χ1n) is 10.3. The van der Waals surface area contributed by atoms with Crippen molar-refractivity contribution in [1.29, 1.82) is 0 Å². The molecular formula is C24H23F3N4O. The summed E-state index contributed by atoms with van der Waals surface area (Å²) in [6.07, 6.45) is -2.87. The summed E-state index contributed by atoms with van der Waals surface area (Å²) in [5.74, 6) is -0.475. The quantitative estimate of drug-likeness (QED) is 0.635. The SMILES string of the molecule is CN1CCN(c2c(NC(=O)c3cccc(-c4ccccn4)c3)cccc2C(F)(F)F)CC1. The number of nitrogens with one attached hydrogen (secondary N) is 1. The summed E-state index contributed by atoms with van der Waals surface area (Å²) in [5.41, 5.74) is 1.22. The van der Waals surface area contributed by atoms with E-state index in [4.69, 9.17) is 0 Å². The molecule has 2 heterocycles. The van der Waals surface area contributed by atoms with E-state index in [0.29, 0.717) is 37.4 Å². The molecule has 32 heavy (non-hydrogen) atoms. The smallest absolute Gasteiger partial charge is 0.367 e. The fraction of sp³-hybridized carbons (Fsp3) is 0.250. The maximum absolute atomic E-state index is 13.8. The van der Waals surface area contributed by atoms with Crippen LogP contribution in [0.5, 0.6) is 0 Å². The number of pyridine rings is 1. The molecule has 1 saturated heterocycles. The summed E-state index contributed by atoms with van der Waals surface area (Å²) in [6, 6.07) is 16.2. The van der Waals surface area contributed by atoms with E-state index in [1.54, 1.807) is 35.4 Å². The number of para-hydroxylation sites is 1. The lowest BCUT2D eigenvalue weighted by Gasteiger charge is -2.36. The number of carbonyl (C=O) groups is 1. The lowest BCUT2D eigenvalue weighted by molar-refractivity contribution is -0.137. The molecule has 1 aromatic heterocycles. The number of nitrogens with zero attached hydrogens (tertiary/aromatic N) is 3. The van der Waals surface area contributed by atoms with Gasteiger partial charge in [-0.1, -0.05) is 24.3 Å². The van der Waals surface area contributed by atoms with Gasteiger partial charge in [-0.15, -0.1) is 0 Å². The molecule has 0 saturated carbocycles. The van der Waals surface area contributed by atoms with Crippen LogP contribution in [-0.2, 0) is 6.18 Å². The van der Waals surface area contributed by atoms with Gasteiger partial charge in [-0.3, -0.25) is 9.78 Å². The Morgan fingerprint density at radius 2 is 1.72 bits per heavy atom. The van der Waals surface area contributed by atoms with Gasteiger partial charge in [0.1, 0.15) is 0 Å². The monoisotopic (exact) mass is 440 g/mol. The second-order valence-corrected chi connectivity index (χ2v) is 7.74. The van der Waals surface area contributed by atoms with Crippen LogP contribution in [0.15, 0.2) is 66.9 Å². The Hall–Kier alpha value is -3.39. The number of hydrogen-bond donors (Lipinski definition) is 1. The molecule has 1 fully saturated rings. The van der Waals surface area contributed by atoms with Crippen LogP contribution in [0.2, 0.25) is 0 Å². The molecular weight excluding hydrogens is 417 g/mol. The zero-order valence-electron chi connectivity index (χ0n) is 17.6. The Morgan fingerprint density at radius 3 is 2.41 bits per heavy atom.